The van der Waals surface area contributed by atoms with Crippen molar-refractivity contribution in [2.24, 2.45) is 13.0 Å². The van der Waals surface area contributed by atoms with Crippen LogP contribution in [-0.2, 0) is 26.2 Å². The summed E-state index contributed by atoms with van der Waals surface area (Å²) >= 11 is 0. The normalized spacial score (nSPS) is 20.0. The number of amides is 2. The number of piperidine rings is 2. The highest BCUT2D eigenvalue weighted by atomic mass is 19.1. The average molecular weight is 475 g/mol. The van der Waals surface area contributed by atoms with Crippen LogP contribution in [-0.4, -0.2) is 45.6 Å². The minimum Gasteiger partial charge on any atom is -0.460 e. The molecule has 184 valence electrons. The number of aromatic nitrogens is 2. The summed E-state index contributed by atoms with van der Waals surface area (Å²) in [7, 11) is 1.59. The van der Waals surface area contributed by atoms with Crippen LogP contribution in [0, 0.1) is 11.7 Å². The standard InChI is InChI=1S/C24H31FN4O5/c1-24(2,3)34-21(31)11-14-7-9-28(10-8-14)17-13-18-19(12-15(17)25)29(23(33)27(18)4)16-5-6-20(30)26-22(16)32/h12-14,16H,5-11H2,1-4H3,(H,26,30,32). The summed E-state index contributed by atoms with van der Waals surface area (Å²) in [6.45, 7) is 6.68. The van der Waals surface area contributed by atoms with Gasteiger partial charge in [-0.15, -0.1) is 0 Å². The number of nitrogens with zero attached hydrogens (tertiary/aromatic N) is 3. The minimum atomic E-state index is -0.859. The quantitative estimate of drug-likeness (QED) is 0.539. The summed E-state index contributed by atoms with van der Waals surface area (Å²) in [5.74, 6) is -1.45. The Morgan fingerprint density at radius 1 is 1.12 bits per heavy atom. The number of imide groups is 1. The van der Waals surface area contributed by atoms with Crippen molar-refractivity contribution in [3.63, 3.8) is 0 Å². The van der Waals surface area contributed by atoms with Crippen molar-refractivity contribution in [1.82, 2.24) is 14.5 Å². The molecule has 2 aliphatic heterocycles. The number of hydrogen-bond donors (Lipinski definition) is 1. The lowest BCUT2D eigenvalue weighted by Crippen LogP contribution is -2.44. The van der Waals surface area contributed by atoms with E-state index in [4.69, 9.17) is 4.74 Å². The highest BCUT2D eigenvalue weighted by Gasteiger charge is 2.32. The number of anilines is 1. The second kappa shape index (κ2) is 8.88. The molecule has 10 heteroatoms. The van der Waals surface area contributed by atoms with E-state index in [0.717, 1.165) is 12.8 Å². The number of halogens is 1. The van der Waals surface area contributed by atoms with Crippen LogP contribution in [0.1, 0.15) is 58.9 Å². The molecule has 3 heterocycles. The van der Waals surface area contributed by atoms with Gasteiger partial charge >= 0.3 is 11.7 Å². The monoisotopic (exact) mass is 474 g/mol. The molecule has 0 aliphatic carbocycles. The number of fused-ring (bicyclic) bond motifs is 1. The Morgan fingerprint density at radius 3 is 2.41 bits per heavy atom. The number of benzene rings is 1. The fourth-order valence-corrected chi connectivity index (χ4v) is 4.84. The van der Waals surface area contributed by atoms with Gasteiger partial charge in [0.25, 0.3) is 0 Å². The van der Waals surface area contributed by atoms with Crippen LogP contribution in [0.4, 0.5) is 10.1 Å². The molecule has 2 aromatic rings. The summed E-state index contributed by atoms with van der Waals surface area (Å²) in [4.78, 5) is 50.9. The van der Waals surface area contributed by atoms with E-state index in [1.54, 1.807) is 13.1 Å². The molecule has 2 amide bonds. The van der Waals surface area contributed by atoms with Crippen molar-refractivity contribution in [3.8, 4) is 0 Å². The first-order valence-corrected chi connectivity index (χ1v) is 11.7. The van der Waals surface area contributed by atoms with E-state index < -0.39 is 29.1 Å². The van der Waals surface area contributed by atoms with Crippen LogP contribution in [0.15, 0.2) is 16.9 Å². The van der Waals surface area contributed by atoms with Gasteiger partial charge in [-0.1, -0.05) is 0 Å². The number of aryl methyl sites for hydroxylation is 1. The molecule has 0 spiro atoms. The summed E-state index contributed by atoms with van der Waals surface area (Å²) in [6, 6.07) is 2.08. The molecule has 1 unspecified atom stereocenters. The molecule has 4 rings (SSSR count). The molecule has 34 heavy (non-hydrogen) atoms. The largest absolute Gasteiger partial charge is 0.460 e. The Bertz CT molecular complexity index is 1200. The van der Waals surface area contributed by atoms with Gasteiger partial charge in [0, 0.05) is 39.0 Å². The van der Waals surface area contributed by atoms with Crippen LogP contribution in [0.2, 0.25) is 0 Å². The third-order valence-corrected chi connectivity index (χ3v) is 6.51. The van der Waals surface area contributed by atoms with Crippen molar-refractivity contribution in [2.75, 3.05) is 18.0 Å². The van der Waals surface area contributed by atoms with Gasteiger partial charge in [0.05, 0.1) is 16.7 Å². The van der Waals surface area contributed by atoms with Crippen LogP contribution in [0.3, 0.4) is 0 Å². The first-order valence-electron chi connectivity index (χ1n) is 11.7. The summed E-state index contributed by atoms with van der Waals surface area (Å²) < 4.78 is 23.3. The average Bonchev–Trinajstić information content (AvgIpc) is 2.97. The molecule has 9 nitrogen and oxygen atoms in total. The maximum absolute atomic E-state index is 15.2. The number of carbonyl (C=O) groups is 3. The summed E-state index contributed by atoms with van der Waals surface area (Å²) in [5, 5.41) is 2.25. The number of rotatable bonds is 4. The Kier molecular flexibility index (Phi) is 6.26. The number of esters is 1. The zero-order valence-corrected chi connectivity index (χ0v) is 20.0. The van der Waals surface area contributed by atoms with Gasteiger partial charge in [0.1, 0.15) is 17.5 Å². The Labute approximate surface area is 196 Å². The number of ether oxygens (including phenoxy) is 1. The van der Waals surface area contributed by atoms with E-state index in [0.29, 0.717) is 36.2 Å². The smallest absolute Gasteiger partial charge is 0.329 e. The fourth-order valence-electron chi connectivity index (χ4n) is 4.84. The predicted molar refractivity (Wildman–Crippen MR) is 124 cm³/mol. The second-order valence-corrected chi connectivity index (χ2v) is 10.2. The molecule has 2 fully saturated rings. The zero-order chi connectivity index (χ0) is 24.8. The first kappa shape index (κ1) is 24.0. The Balaban J connectivity index is 1.54. The minimum absolute atomic E-state index is 0.123. The molecule has 0 radical (unpaired) electrons. The zero-order valence-electron chi connectivity index (χ0n) is 20.0. The maximum atomic E-state index is 15.2. The molecule has 0 bridgehead atoms. The van der Waals surface area contributed by atoms with Gasteiger partial charge < -0.3 is 9.64 Å². The number of nitrogens with one attached hydrogen (secondary N) is 1. The molecule has 1 aromatic heterocycles. The van der Waals surface area contributed by atoms with E-state index >= 15 is 4.39 Å². The molecule has 2 saturated heterocycles. The number of imidazole rings is 1. The lowest BCUT2D eigenvalue weighted by Gasteiger charge is -2.34. The maximum Gasteiger partial charge on any atom is 0.329 e. The fraction of sp³-hybridized carbons (Fsp3) is 0.583. The molecular weight excluding hydrogens is 443 g/mol. The van der Waals surface area contributed by atoms with Gasteiger partial charge in [-0.2, -0.15) is 0 Å². The van der Waals surface area contributed by atoms with Crippen molar-refractivity contribution in [2.45, 2.75) is 64.5 Å². The van der Waals surface area contributed by atoms with Crippen molar-refractivity contribution < 1.29 is 23.5 Å². The van der Waals surface area contributed by atoms with E-state index in [1.165, 1.54) is 15.2 Å². The van der Waals surface area contributed by atoms with Gasteiger partial charge in [-0.3, -0.25) is 28.8 Å². The van der Waals surface area contributed by atoms with E-state index in [-0.39, 0.29) is 30.6 Å². The second-order valence-electron chi connectivity index (χ2n) is 10.2. The molecular formula is C24H31FN4O5. The molecule has 0 saturated carbocycles. The van der Waals surface area contributed by atoms with Crippen molar-refractivity contribution >= 4 is 34.5 Å². The van der Waals surface area contributed by atoms with Crippen LogP contribution >= 0.6 is 0 Å². The highest BCUT2D eigenvalue weighted by molar-refractivity contribution is 6.00. The van der Waals surface area contributed by atoms with E-state index in [1.807, 2.05) is 25.7 Å². The van der Waals surface area contributed by atoms with Crippen molar-refractivity contribution in [1.29, 1.82) is 0 Å². The van der Waals surface area contributed by atoms with Crippen LogP contribution in [0.5, 0.6) is 0 Å². The third-order valence-electron chi connectivity index (χ3n) is 6.51. The van der Waals surface area contributed by atoms with E-state index in [2.05, 4.69) is 5.32 Å². The van der Waals surface area contributed by atoms with Gasteiger partial charge in [0.2, 0.25) is 11.8 Å². The Hall–Kier alpha value is -3.17. The topological polar surface area (TPSA) is 103 Å². The predicted octanol–water partition coefficient (Wildman–Crippen LogP) is 2.41. The molecule has 1 atom stereocenters. The lowest BCUT2D eigenvalue weighted by atomic mass is 9.93. The molecule has 1 aromatic carbocycles. The molecule has 2 aliphatic rings. The molecule has 1 N–H and O–H groups in total. The lowest BCUT2D eigenvalue weighted by molar-refractivity contribution is -0.156. The van der Waals surface area contributed by atoms with Crippen LogP contribution in [0.25, 0.3) is 11.0 Å². The van der Waals surface area contributed by atoms with E-state index in [9.17, 15) is 19.2 Å². The number of carbonyl (C=O) groups excluding carboxylic acids is 3. The highest BCUT2D eigenvalue weighted by Crippen LogP contribution is 2.32. The summed E-state index contributed by atoms with van der Waals surface area (Å²) in [5.41, 5.74) is 0.276. The third kappa shape index (κ3) is 4.71. The van der Waals surface area contributed by atoms with Gasteiger partial charge in [0.15, 0.2) is 0 Å². The van der Waals surface area contributed by atoms with Gasteiger partial charge in [-0.05, 0) is 52.0 Å². The van der Waals surface area contributed by atoms with Gasteiger partial charge in [-0.25, -0.2) is 9.18 Å². The van der Waals surface area contributed by atoms with Crippen molar-refractivity contribution in [3.05, 3.63) is 28.4 Å². The van der Waals surface area contributed by atoms with Crippen LogP contribution < -0.4 is 15.9 Å². The Morgan fingerprint density at radius 2 is 1.79 bits per heavy atom. The number of hydrogen-bond acceptors (Lipinski definition) is 6. The first-order chi connectivity index (χ1) is 15.9. The SMILES string of the molecule is Cn1c(=O)n(C2CCC(=O)NC2=O)c2cc(F)c(N3CCC(CC(=O)OC(C)(C)C)CC3)cc21. The summed E-state index contributed by atoms with van der Waals surface area (Å²) in [6.07, 6.45) is 2.12.